The molecule has 32 heavy (non-hydrogen) atoms. The number of aryl methyl sites for hydroxylation is 2. The molecule has 0 aliphatic rings. The van der Waals surface area contributed by atoms with Crippen molar-refractivity contribution in [2.45, 2.75) is 59.0 Å². The molecule has 0 unspecified atom stereocenters. The fourth-order valence-electron chi connectivity index (χ4n) is 4.19. The summed E-state index contributed by atoms with van der Waals surface area (Å²) in [4.78, 5) is 28.1. The third kappa shape index (κ3) is 5.97. The molecule has 2 amide bonds. The maximum absolute atomic E-state index is 13.5. The molecule has 3 aromatic rings. The molecule has 1 N–H and O–H groups in total. The van der Waals surface area contributed by atoms with Crippen molar-refractivity contribution >= 4 is 22.6 Å². The first-order valence-electron chi connectivity index (χ1n) is 11.6. The Kier molecular flexibility index (Phi) is 8.43. The number of fused-ring (bicyclic) bond motifs is 1. The van der Waals surface area contributed by atoms with E-state index in [0.717, 1.165) is 23.1 Å². The van der Waals surface area contributed by atoms with E-state index >= 15 is 0 Å². The largest absolute Gasteiger partial charge is 0.354 e. The summed E-state index contributed by atoms with van der Waals surface area (Å²) < 4.78 is 0. The Labute approximate surface area is 191 Å². The molecule has 3 aromatic carbocycles. The Morgan fingerprint density at radius 1 is 0.969 bits per heavy atom. The zero-order chi connectivity index (χ0) is 22.9. The van der Waals surface area contributed by atoms with Crippen molar-refractivity contribution in [2.24, 2.45) is 0 Å². The number of carbonyl (C=O) groups is 2. The quantitative estimate of drug-likeness (QED) is 0.467. The molecule has 0 radical (unpaired) electrons. The Bertz CT molecular complexity index is 1050. The number of hydrogen-bond donors (Lipinski definition) is 1. The minimum atomic E-state index is -0.470. The van der Waals surface area contributed by atoms with Gasteiger partial charge in [0.1, 0.15) is 6.04 Å². The summed E-state index contributed by atoms with van der Waals surface area (Å²) >= 11 is 0. The lowest BCUT2D eigenvalue weighted by Crippen LogP contribution is -2.49. The number of amides is 2. The summed E-state index contributed by atoms with van der Waals surface area (Å²) in [6, 6.07) is 22.2. The summed E-state index contributed by atoms with van der Waals surface area (Å²) in [5.41, 5.74) is 3.36. The zero-order valence-electron chi connectivity index (χ0n) is 19.4. The predicted octanol–water partition coefficient (Wildman–Crippen LogP) is 5.41. The van der Waals surface area contributed by atoms with Gasteiger partial charge in [0.05, 0.1) is 0 Å². The van der Waals surface area contributed by atoms with E-state index in [2.05, 4.69) is 35.6 Å². The van der Waals surface area contributed by atoms with Crippen molar-refractivity contribution < 1.29 is 9.59 Å². The highest BCUT2D eigenvalue weighted by molar-refractivity contribution is 5.89. The van der Waals surface area contributed by atoms with E-state index in [1.54, 1.807) is 4.90 Å². The third-order valence-corrected chi connectivity index (χ3v) is 5.86. The van der Waals surface area contributed by atoms with Crippen molar-refractivity contribution in [3.63, 3.8) is 0 Å². The van der Waals surface area contributed by atoms with Crippen LogP contribution in [0.5, 0.6) is 0 Å². The minimum Gasteiger partial charge on any atom is -0.354 e. The fourth-order valence-corrected chi connectivity index (χ4v) is 4.19. The lowest BCUT2D eigenvalue weighted by atomic mass is 10.00. The highest BCUT2D eigenvalue weighted by Crippen LogP contribution is 2.21. The molecule has 0 aliphatic heterocycles. The van der Waals surface area contributed by atoms with Crippen LogP contribution in [0.15, 0.2) is 66.7 Å². The number of benzene rings is 3. The number of nitrogens with zero attached hydrogens (tertiary/aromatic N) is 1. The number of carbonyl (C=O) groups excluding carboxylic acids is 2. The first-order chi connectivity index (χ1) is 15.5. The maximum atomic E-state index is 13.5. The van der Waals surface area contributed by atoms with Crippen LogP contribution in [0.4, 0.5) is 0 Å². The molecule has 0 spiro atoms. The normalized spacial score (nSPS) is 11.8. The zero-order valence-corrected chi connectivity index (χ0v) is 19.4. The summed E-state index contributed by atoms with van der Waals surface area (Å²) in [5.74, 6) is -0.0570. The molecule has 1 atom stereocenters. The summed E-state index contributed by atoms with van der Waals surface area (Å²) in [7, 11) is 0. The van der Waals surface area contributed by atoms with Gasteiger partial charge >= 0.3 is 0 Å². The van der Waals surface area contributed by atoms with E-state index in [1.165, 1.54) is 10.8 Å². The van der Waals surface area contributed by atoms with Gasteiger partial charge in [-0.2, -0.15) is 0 Å². The van der Waals surface area contributed by atoms with Crippen LogP contribution >= 0.6 is 0 Å². The van der Waals surface area contributed by atoms with Crippen LogP contribution in [0.2, 0.25) is 0 Å². The smallest absolute Gasteiger partial charge is 0.242 e. The van der Waals surface area contributed by atoms with Gasteiger partial charge in [-0.05, 0) is 48.1 Å². The Balaban J connectivity index is 1.82. The van der Waals surface area contributed by atoms with Gasteiger partial charge in [-0.25, -0.2) is 0 Å². The van der Waals surface area contributed by atoms with Gasteiger partial charge in [-0.3, -0.25) is 9.59 Å². The van der Waals surface area contributed by atoms with Gasteiger partial charge in [0.2, 0.25) is 11.8 Å². The average molecular weight is 431 g/mol. The van der Waals surface area contributed by atoms with Crippen LogP contribution in [0.3, 0.4) is 0 Å². The minimum absolute atomic E-state index is 0.0120. The monoisotopic (exact) mass is 430 g/mol. The molecular formula is C28H34N2O2. The molecule has 0 aliphatic carbocycles. The first-order valence-corrected chi connectivity index (χ1v) is 11.6. The van der Waals surface area contributed by atoms with Gasteiger partial charge in [-0.1, -0.05) is 86.1 Å². The van der Waals surface area contributed by atoms with Gasteiger partial charge < -0.3 is 10.2 Å². The summed E-state index contributed by atoms with van der Waals surface area (Å²) in [6.07, 6.45) is 2.48. The van der Waals surface area contributed by atoms with E-state index in [-0.39, 0.29) is 11.8 Å². The van der Waals surface area contributed by atoms with Crippen LogP contribution in [-0.4, -0.2) is 29.3 Å². The SMILES string of the molecule is CCCNC(=O)[C@H](CC)N(Cc1cccc(C)c1)C(=O)CCc1cccc2ccccc12. The van der Waals surface area contributed by atoms with Crippen LogP contribution in [0, 0.1) is 6.92 Å². The molecule has 168 valence electrons. The highest BCUT2D eigenvalue weighted by Gasteiger charge is 2.28. The standard InChI is InChI=1S/C28H34N2O2/c1-4-18-29-28(32)26(5-2)30(20-22-11-8-10-21(3)19-22)27(31)17-16-24-14-9-13-23-12-6-7-15-25(23)24/h6-15,19,26H,4-5,16-18,20H2,1-3H3,(H,29,32)/t26-/m0/s1. The summed E-state index contributed by atoms with van der Waals surface area (Å²) in [5, 5.41) is 5.34. The molecule has 0 heterocycles. The van der Waals surface area contributed by atoms with E-state index < -0.39 is 6.04 Å². The fraction of sp³-hybridized carbons (Fsp3) is 0.357. The van der Waals surface area contributed by atoms with Crippen molar-refractivity contribution in [1.29, 1.82) is 0 Å². The molecule has 0 bridgehead atoms. The van der Waals surface area contributed by atoms with Gasteiger partial charge in [0, 0.05) is 19.5 Å². The second-order valence-electron chi connectivity index (χ2n) is 8.36. The lowest BCUT2D eigenvalue weighted by Gasteiger charge is -2.31. The predicted molar refractivity (Wildman–Crippen MR) is 131 cm³/mol. The Morgan fingerprint density at radius 3 is 2.47 bits per heavy atom. The number of nitrogens with one attached hydrogen (secondary N) is 1. The second kappa shape index (κ2) is 11.5. The topological polar surface area (TPSA) is 49.4 Å². The van der Waals surface area contributed by atoms with Crippen LogP contribution in [0.1, 0.15) is 49.8 Å². The van der Waals surface area contributed by atoms with Crippen LogP contribution in [0.25, 0.3) is 10.8 Å². The molecule has 0 fully saturated rings. The van der Waals surface area contributed by atoms with Crippen LogP contribution in [-0.2, 0) is 22.6 Å². The van der Waals surface area contributed by atoms with Gasteiger partial charge in [0.25, 0.3) is 0 Å². The Morgan fingerprint density at radius 2 is 1.72 bits per heavy atom. The first kappa shape index (κ1) is 23.5. The van der Waals surface area contributed by atoms with E-state index in [9.17, 15) is 9.59 Å². The van der Waals surface area contributed by atoms with Gasteiger partial charge in [0.15, 0.2) is 0 Å². The van der Waals surface area contributed by atoms with Gasteiger partial charge in [-0.15, -0.1) is 0 Å². The van der Waals surface area contributed by atoms with Crippen LogP contribution < -0.4 is 5.32 Å². The molecule has 0 aromatic heterocycles. The molecule has 4 nitrogen and oxygen atoms in total. The molecule has 4 heteroatoms. The highest BCUT2D eigenvalue weighted by atomic mass is 16.2. The Hall–Kier alpha value is -3.14. The third-order valence-electron chi connectivity index (χ3n) is 5.86. The molecule has 3 rings (SSSR count). The number of rotatable bonds is 10. The lowest BCUT2D eigenvalue weighted by molar-refractivity contribution is -0.141. The average Bonchev–Trinajstić information content (AvgIpc) is 2.81. The second-order valence-corrected chi connectivity index (χ2v) is 8.36. The van der Waals surface area contributed by atoms with Crippen molar-refractivity contribution in [1.82, 2.24) is 10.2 Å². The molecule has 0 saturated carbocycles. The number of hydrogen-bond acceptors (Lipinski definition) is 2. The van der Waals surface area contributed by atoms with E-state index in [0.29, 0.717) is 32.4 Å². The summed E-state index contributed by atoms with van der Waals surface area (Å²) in [6.45, 7) is 7.10. The molecule has 0 saturated heterocycles. The molecular weight excluding hydrogens is 396 g/mol. The van der Waals surface area contributed by atoms with Crippen molar-refractivity contribution in [2.75, 3.05) is 6.54 Å². The maximum Gasteiger partial charge on any atom is 0.242 e. The van der Waals surface area contributed by atoms with Crippen molar-refractivity contribution in [3.05, 3.63) is 83.4 Å². The van der Waals surface area contributed by atoms with E-state index in [4.69, 9.17) is 0 Å². The van der Waals surface area contributed by atoms with E-state index in [1.807, 2.05) is 57.2 Å². The van der Waals surface area contributed by atoms with Crippen molar-refractivity contribution in [3.8, 4) is 0 Å².